The lowest BCUT2D eigenvalue weighted by Crippen LogP contribution is -2.12. The quantitative estimate of drug-likeness (QED) is 0.309. The number of imidazole rings is 1. The molecule has 0 aliphatic carbocycles. The van der Waals surface area contributed by atoms with Gasteiger partial charge in [0.1, 0.15) is 11.5 Å². The van der Waals surface area contributed by atoms with Crippen molar-refractivity contribution in [2.24, 2.45) is 7.05 Å². The molecule has 0 aliphatic heterocycles. The van der Waals surface area contributed by atoms with Crippen LogP contribution in [-0.4, -0.2) is 19.5 Å². The van der Waals surface area contributed by atoms with Crippen molar-refractivity contribution in [3.8, 4) is 22.8 Å². The highest BCUT2D eigenvalue weighted by Crippen LogP contribution is 2.28. The second kappa shape index (κ2) is 11.7. The minimum absolute atomic E-state index is 0.0524. The molecule has 4 nitrogen and oxygen atoms in total. The zero-order valence-electron chi connectivity index (χ0n) is 21.9. The molecule has 0 spiro atoms. The van der Waals surface area contributed by atoms with E-state index in [0.29, 0.717) is 5.56 Å². The van der Waals surface area contributed by atoms with E-state index in [4.69, 9.17) is 4.98 Å². The Balaban J connectivity index is 0.000000311. The Hall–Kier alpha value is -3.34. The maximum absolute atomic E-state index is 12.6. The van der Waals surface area contributed by atoms with E-state index in [1.54, 1.807) is 19.2 Å². The van der Waals surface area contributed by atoms with E-state index in [2.05, 4.69) is 54.4 Å². The first kappa shape index (κ1) is 26.9. The van der Waals surface area contributed by atoms with Crippen molar-refractivity contribution < 1.29 is 4.39 Å². The van der Waals surface area contributed by atoms with Gasteiger partial charge < -0.3 is 4.57 Å². The minimum atomic E-state index is -0.116. The first-order valence-electron chi connectivity index (χ1n) is 11.7. The fourth-order valence-corrected chi connectivity index (χ4v) is 3.25. The Morgan fingerprint density at radius 2 is 1.59 bits per heavy atom. The lowest BCUT2D eigenvalue weighted by atomic mass is 9.91. The number of aromatic nitrogens is 4. The van der Waals surface area contributed by atoms with Crippen molar-refractivity contribution in [1.82, 2.24) is 19.5 Å². The van der Waals surface area contributed by atoms with Gasteiger partial charge in [-0.25, -0.2) is 9.37 Å². The lowest BCUT2D eigenvalue weighted by molar-refractivity contribution is 0.569. The Kier molecular flexibility index (Phi) is 9.25. The number of rotatable bonds is 2. The van der Waals surface area contributed by atoms with Crippen LogP contribution in [0.25, 0.3) is 22.8 Å². The Labute approximate surface area is 204 Å². The van der Waals surface area contributed by atoms with Crippen molar-refractivity contribution in [3.63, 3.8) is 0 Å². The van der Waals surface area contributed by atoms with Gasteiger partial charge in [0.05, 0.1) is 5.69 Å². The molecule has 5 heteroatoms. The molecule has 0 radical (unpaired) electrons. The molecule has 0 atom stereocenters. The molecule has 0 N–H and O–H groups in total. The van der Waals surface area contributed by atoms with Gasteiger partial charge in [-0.15, -0.1) is 0 Å². The minimum Gasteiger partial charge on any atom is -0.330 e. The summed E-state index contributed by atoms with van der Waals surface area (Å²) in [5, 5.41) is 0. The average Bonchev–Trinajstić information content (AvgIpc) is 3.13. The number of benzene rings is 1. The van der Waals surface area contributed by atoms with Crippen molar-refractivity contribution in [1.29, 1.82) is 0 Å². The summed E-state index contributed by atoms with van der Waals surface area (Å²) in [4.78, 5) is 13.8. The smallest absolute Gasteiger partial charge is 0.159 e. The number of hydrogen-bond acceptors (Lipinski definition) is 3. The highest BCUT2D eigenvalue weighted by atomic mass is 19.1. The SMILES string of the molecule is CC.Cc1c(-c2ccc(C(C)(C)C)nc2)nc(-c2ccccn2)n1C.Cc1ccc(C)c(F)c1. The first-order valence-corrected chi connectivity index (χ1v) is 11.7. The van der Waals surface area contributed by atoms with Crippen LogP contribution in [0, 0.1) is 26.6 Å². The molecule has 0 fully saturated rings. The molecule has 0 bridgehead atoms. The number of aryl methyl sites for hydroxylation is 2. The topological polar surface area (TPSA) is 43.6 Å². The number of nitrogens with zero attached hydrogens (tertiary/aromatic N) is 4. The fourth-order valence-electron chi connectivity index (χ4n) is 3.25. The van der Waals surface area contributed by atoms with Gasteiger partial charge in [-0.1, -0.05) is 52.8 Å². The van der Waals surface area contributed by atoms with Gasteiger partial charge in [-0.05, 0) is 62.2 Å². The van der Waals surface area contributed by atoms with Crippen LogP contribution in [0.2, 0.25) is 0 Å². The summed E-state index contributed by atoms with van der Waals surface area (Å²) in [6.07, 6.45) is 3.71. The van der Waals surface area contributed by atoms with Crippen LogP contribution in [0.1, 0.15) is 57.1 Å². The third-order valence-corrected chi connectivity index (χ3v) is 5.41. The standard InChI is InChI=1S/C19H22N4.C8H9F.C2H6/c1-13-17(14-9-10-16(21-12-14)19(2,3)4)22-18(23(13)5)15-8-6-7-11-20-15;1-6-3-4-7(2)8(9)5-6;1-2/h6-12H,1-5H3;3-5H,1-2H3;1-2H3. The van der Waals surface area contributed by atoms with Gasteiger partial charge in [-0.2, -0.15) is 0 Å². The van der Waals surface area contributed by atoms with E-state index in [9.17, 15) is 4.39 Å². The molecule has 1 aromatic carbocycles. The predicted octanol–water partition coefficient (Wildman–Crippen LogP) is 7.62. The zero-order chi connectivity index (χ0) is 25.5. The van der Waals surface area contributed by atoms with Gasteiger partial charge in [0.2, 0.25) is 0 Å². The third-order valence-electron chi connectivity index (χ3n) is 5.41. The molecule has 4 rings (SSSR count). The van der Waals surface area contributed by atoms with Crippen LogP contribution in [0.4, 0.5) is 4.39 Å². The highest BCUT2D eigenvalue weighted by Gasteiger charge is 2.18. The zero-order valence-corrected chi connectivity index (χ0v) is 21.9. The molecule has 3 heterocycles. The number of pyridine rings is 2. The molecule has 0 unspecified atom stereocenters. The summed E-state index contributed by atoms with van der Waals surface area (Å²) in [5.41, 5.74) is 6.80. The second-order valence-corrected chi connectivity index (χ2v) is 9.08. The van der Waals surface area contributed by atoms with Gasteiger partial charge in [0.25, 0.3) is 0 Å². The van der Waals surface area contributed by atoms with Crippen molar-refractivity contribution in [2.75, 3.05) is 0 Å². The predicted molar refractivity (Wildman–Crippen MR) is 140 cm³/mol. The summed E-state index contributed by atoms with van der Waals surface area (Å²) in [6, 6.07) is 15.3. The molecule has 180 valence electrons. The fraction of sp³-hybridized carbons (Fsp3) is 0.345. The molecule has 0 saturated heterocycles. The molecule has 34 heavy (non-hydrogen) atoms. The largest absolute Gasteiger partial charge is 0.330 e. The van der Waals surface area contributed by atoms with Crippen LogP contribution in [0.15, 0.2) is 60.9 Å². The number of hydrogen-bond donors (Lipinski definition) is 0. The van der Waals surface area contributed by atoms with Crippen LogP contribution in [0.3, 0.4) is 0 Å². The third kappa shape index (κ3) is 6.60. The average molecular weight is 461 g/mol. The van der Waals surface area contributed by atoms with Crippen LogP contribution < -0.4 is 0 Å². The number of halogens is 1. The van der Waals surface area contributed by atoms with Crippen LogP contribution in [-0.2, 0) is 12.5 Å². The molecular formula is C29H37FN4. The monoisotopic (exact) mass is 460 g/mol. The summed E-state index contributed by atoms with van der Waals surface area (Å²) in [7, 11) is 2.02. The van der Waals surface area contributed by atoms with Crippen molar-refractivity contribution in [3.05, 3.63) is 89.3 Å². The summed E-state index contributed by atoms with van der Waals surface area (Å²) < 4.78 is 14.7. The van der Waals surface area contributed by atoms with Gasteiger partial charge >= 0.3 is 0 Å². The van der Waals surface area contributed by atoms with Crippen molar-refractivity contribution >= 4 is 0 Å². The normalized spacial score (nSPS) is 10.6. The Morgan fingerprint density at radius 1 is 0.882 bits per heavy atom. The maximum atomic E-state index is 12.6. The van der Waals surface area contributed by atoms with Gasteiger partial charge in [-0.3, -0.25) is 9.97 Å². The van der Waals surface area contributed by atoms with Gasteiger partial charge in [0, 0.05) is 41.8 Å². The van der Waals surface area contributed by atoms with E-state index in [-0.39, 0.29) is 11.2 Å². The first-order chi connectivity index (χ1) is 16.1. The molecule has 3 aromatic heterocycles. The van der Waals surface area contributed by atoms with E-state index >= 15 is 0 Å². The molecule has 0 amide bonds. The second-order valence-electron chi connectivity index (χ2n) is 9.08. The maximum Gasteiger partial charge on any atom is 0.159 e. The summed E-state index contributed by atoms with van der Waals surface area (Å²) in [6.45, 7) is 16.2. The Morgan fingerprint density at radius 3 is 2.09 bits per heavy atom. The van der Waals surface area contributed by atoms with Crippen molar-refractivity contribution in [2.45, 2.75) is 60.8 Å². The summed E-state index contributed by atoms with van der Waals surface area (Å²) in [5.74, 6) is 0.757. The van der Waals surface area contributed by atoms with E-state index in [1.165, 1.54) is 6.07 Å². The van der Waals surface area contributed by atoms with Gasteiger partial charge in [0.15, 0.2) is 5.82 Å². The van der Waals surface area contributed by atoms with E-state index in [0.717, 1.165) is 39.7 Å². The van der Waals surface area contributed by atoms with E-state index in [1.807, 2.05) is 58.3 Å². The highest BCUT2D eigenvalue weighted by molar-refractivity contribution is 5.66. The van der Waals surface area contributed by atoms with Crippen LogP contribution in [0.5, 0.6) is 0 Å². The van der Waals surface area contributed by atoms with E-state index < -0.39 is 0 Å². The van der Waals surface area contributed by atoms with Crippen LogP contribution >= 0.6 is 0 Å². The lowest BCUT2D eigenvalue weighted by Gasteiger charge is -2.17. The Bertz CT molecular complexity index is 1190. The summed E-state index contributed by atoms with van der Waals surface area (Å²) >= 11 is 0. The molecular weight excluding hydrogens is 423 g/mol. The molecule has 0 saturated carbocycles. The molecule has 0 aliphatic rings. The molecule has 4 aromatic rings.